The maximum atomic E-state index is 13.4. The van der Waals surface area contributed by atoms with E-state index in [1.54, 1.807) is 43.5 Å². The molecular weight excluding hydrogens is 426 g/mol. The number of ketones is 1. The van der Waals surface area contributed by atoms with E-state index in [-0.39, 0.29) is 29.7 Å². The Morgan fingerprint density at radius 2 is 1.94 bits per heavy atom. The van der Waals surface area contributed by atoms with Crippen molar-refractivity contribution in [1.29, 1.82) is 0 Å². The van der Waals surface area contributed by atoms with E-state index in [0.29, 0.717) is 12.2 Å². The van der Waals surface area contributed by atoms with E-state index in [4.69, 9.17) is 9.15 Å². The fourth-order valence-corrected chi connectivity index (χ4v) is 5.57. The van der Waals surface area contributed by atoms with Crippen LogP contribution in [0.25, 0.3) is 0 Å². The summed E-state index contributed by atoms with van der Waals surface area (Å²) in [6, 6.07) is 15.8. The molecule has 0 saturated heterocycles. The number of sulfonamides is 1. The number of aryl methyl sites for hydroxylation is 2. The molecule has 7 heteroatoms. The second-order valence-corrected chi connectivity index (χ2v) is 10.1. The number of hydrogen-bond acceptors (Lipinski definition) is 5. The van der Waals surface area contributed by atoms with Gasteiger partial charge in [-0.3, -0.25) is 4.79 Å². The molecule has 1 aromatic heterocycles. The number of methoxy groups -OCH3 is 1. The molecule has 0 radical (unpaired) electrons. The average Bonchev–Trinajstić information content (AvgIpc) is 3.31. The molecule has 0 bridgehead atoms. The molecule has 3 aromatic rings. The molecule has 4 rings (SSSR count). The number of ether oxygens (including phenoxy) is 1. The van der Waals surface area contributed by atoms with Gasteiger partial charge in [-0.2, -0.15) is 4.31 Å². The molecule has 1 aliphatic carbocycles. The van der Waals surface area contributed by atoms with Gasteiger partial charge in [0.15, 0.2) is 5.78 Å². The largest absolute Gasteiger partial charge is 0.497 e. The van der Waals surface area contributed by atoms with E-state index in [1.165, 1.54) is 10.6 Å². The van der Waals surface area contributed by atoms with Crippen LogP contribution in [0.15, 0.2) is 70.2 Å². The number of hydrogen-bond donors (Lipinski definition) is 0. The van der Waals surface area contributed by atoms with Gasteiger partial charge in [-0.15, -0.1) is 0 Å². The minimum absolute atomic E-state index is 0.00284. The predicted octanol–water partition coefficient (Wildman–Crippen LogP) is 4.48. The Labute approximate surface area is 188 Å². The molecule has 6 nitrogen and oxygen atoms in total. The van der Waals surface area contributed by atoms with Crippen molar-refractivity contribution in [1.82, 2.24) is 4.31 Å². The number of furan rings is 1. The summed E-state index contributed by atoms with van der Waals surface area (Å²) in [7, 11) is -2.26. The maximum absolute atomic E-state index is 13.4. The first-order valence-corrected chi connectivity index (χ1v) is 12.1. The highest BCUT2D eigenvalue weighted by atomic mass is 32.2. The molecule has 0 spiro atoms. The van der Waals surface area contributed by atoms with Crippen molar-refractivity contribution in [2.24, 2.45) is 0 Å². The lowest BCUT2D eigenvalue weighted by Gasteiger charge is -2.27. The molecule has 1 unspecified atom stereocenters. The van der Waals surface area contributed by atoms with E-state index in [9.17, 15) is 13.2 Å². The Bertz CT molecular complexity index is 1180. The topological polar surface area (TPSA) is 76.8 Å². The molecule has 2 aromatic carbocycles. The Balaban J connectivity index is 1.63. The van der Waals surface area contributed by atoms with Crippen LogP contribution in [0, 0.1) is 6.92 Å². The van der Waals surface area contributed by atoms with Crippen molar-refractivity contribution >= 4 is 15.8 Å². The third kappa shape index (κ3) is 4.64. The quantitative estimate of drug-likeness (QED) is 0.503. The van der Waals surface area contributed by atoms with Crippen molar-refractivity contribution in [2.75, 3.05) is 13.7 Å². The van der Waals surface area contributed by atoms with Gasteiger partial charge in [-0.05, 0) is 73.7 Å². The molecule has 32 heavy (non-hydrogen) atoms. The standard InChI is InChI=1S/C25H27NO5S/c1-18-8-11-22(12-9-18)32(28,29)26(16-21-6-4-14-31-21)17-25(27)24-7-3-5-19-15-20(30-2)10-13-23(19)24/h4,6,8-15,24H,3,5,7,16-17H2,1-2H3. The summed E-state index contributed by atoms with van der Waals surface area (Å²) in [5.41, 5.74) is 3.02. The third-order valence-electron chi connectivity index (χ3n) is 5.96. The van der Waals surface area contributed by atoms with Gasteiger partial charge in [0, 0.05) is 5.92 Å². The first-order chi connectivity index (χ1) is 15.4. The van der Waals surface area contributed by atoms with E-state index in [2.05, 4.69) is 0 Å². The van der Waals surface area contributed by atoms with Crippen molar-refractivity contribution in [3.63, 3.8) is 0 Å². The lowest BCUT2D eigenvalue weighted by molar-refractivity contribution is -0.121. The van der Waals surface area contributed by atoms with E-state index >= 15 is 0 Å². The summed E-state index contributed by atoms with van der Waals surface area (Å²) in [6.07, 6.45) is 3.96. The molecule has 0 amide bonds. The SMILES string of the molecule is COc1ccc2c(c1)CCCC2C(=O)CN(Cc1ccco1)S(=O)(=O)c1ccc(C)cc1. The van der Waals surface area contributed by atoms with E-state index in [0.717, 1.165) is 35.3 Å². The van der Waals surface area contributed by atoms with E-state index in [1.807, 2.05) is 25.1 Å². The van der Waals surface area contributed by atoms with Crippen LogP contribution in [0.1, 0.15) is 41.2 Å². The molecule has 0 saturated carbocycles. The molecule has 168 valence electrons. The second-order valence-electron chi connectivity index (χ2n) is 8.14. The van der Waals surface area contributed by atoms with Crippen molar-refractivity contribution in [2.45, 2.75) is 43.5 Å². The van der Waals surface area contributed by atoms with Gasteiger partial charge in [0.05, 0.1) is 31.4 Å². The molecule has 1 atom stereocenters. The Morgan fingerprint density at radius 3 is 2.62 bits per heavy atom. The molecule has 0 N–H and O–H groups in total. The minimum Gasteiger partial charge on any atom is -0.497 e. The lowest BCUT2D eigenvalue weighted by atomic mass is 9.80. The Hall–Kier alpha value is -2.90. The summed E-state index contributed by atoms with van der Waals surface area (Å²) in [6.45, 7) is 1.68. The fourth-order valence-electron chi connectivity index (χ4n) is 4.20. The first-order valence-electron chi connectivity index (χ1n) is 10.7. The van der Waals surface area contributed by atoms with Gasteiger partial charge in [0.1, 0.15) is 11.5 Å². The first kappa shape index (κ1) is 22.3. The summed E-state index contributed by atoms with van der Waals surface area (Å²) in [4.78, 5) is 13.6. The van der Waals surface area contributed by atoms with Gasteiger partial charge in [-0.25, -0.2) is 8.42 Å². The third-order valence-corrected chi connectivity index (χ3v) is 7.76. The second kappa shape index (κ2) is 9.30. The molecule has 1 heterocycles. The van der Waals surface area contributed by atoms with Crippen molar-refractivity contribution in [3.05, 3.63) is 83.3 Å². The van der Waals surface area contributed by atoms with Crippen molar-refractivity contribution < 1.29 is 22.4 Å². The smallest absolute Gasteiger partial charge is 0.243 e. The summed E-state index contributed by atoms with van der Waals surface area (Å²) in [5.74, 6) is 0.802. The summed E-state index contributed by atoms with van der Waals surface area (Å²) in [5, 5.41) is 0. The summed E-state index contributed by atoms with van der Waals surface area (Å²) < 4.78 is 38.8. The predicted molar refractivity (Wildman–Crippen MR) is 121 cm³/mol. The van der Waals surface area contributed by atoms with Gasteiger partial charge in [0.2, 0.25) is 10.0 Å². The Morgan fingerprint density at radius 1 is 1.16 bits per heavy atom. The van der Waals surface area contributed by atoms with Crippen LogP contribution >= 0.6 is 0 Å². The highest BCUT2D eigenvalue weighted by Crippen LogP contribution is 2.35. The molecule has 0 aliphatic heterocycles. The van der Waals surface area contributed by atoms with Crippen LogP contribution in [-0.4, -0.2) is 32.2 Å². The maximum Gasteiger partial charge on any atom is 0.243 e. The van der Waals surface area contributed by atoms with Crippen molar-refractivity contribution in [3.8, 4) is 5.75 Å². The number of nitrogens with zero attached hydrogens (tertiary/aromatic N) is 1. The fraction of sp³-hybridized carbons (Fsp3) is 0.320. The van der Waals surface area contributed by atoms with Crippen LogP contribution in [0.3, 0.4) is 0 Å². The number of fused-ring (bicyclic) bond motifs is 1. The highest BCUT2D eigenvalue weighted by molar-refractivity contribution is 7.89. The number of carbonyl (C=O) groups is 1. The number of Topliss-reactive ketones (excluding diaryl/α,β-unsaturated/α-hetero) is 1. The average molecular weight is 454 g/mol. The number of benzene rings is 2. The van der Waals surface area contributed by atoms with Gasteiger partial charge >= 0.3 is 0 Å². The highest BCUT2D eigenvalue weighted by Gasteiger charge is 2.33. The minimum atomic E-state index is -3.88. The lowest BCUT2D eigenvalue weighted by Crippen LogP contribution is -2.37. The molecular formula is C25H27NO5S. The monoisotopic (exact) mass is 453 g/mol. The van der Waals surface area contributed by atoms with Crippen LogP contribution < -0.4 is 4.74 Å². The van der Waals surface area contributed by atoms with Crippen LogP contribution in [0.2, 0.25) is 0 Å². The van der Waals surface area contributed by atoms with E-state index < -0.39 is 10.0 Å². The van der Waals surface area contributed by atoms with Gasteiger partial charge < -0.3 is 9.15 Å². The zero-order valence-electron chi connectivity index (χ0n) is 18.3. The number of carbonyl (C=O) groups excluding carboxylic acids is 1. The zero-order valence-corrected chi connectivity index (χ0v) is 19.1. The van der Waals surface area contributed by atoms with Gasteiger partial charge in [0.25, 0.3) is 0 Å². The summed E-state index contributed by atoms with van der Waals surface area (Å²) >= 11 is 0. The number of rotatable bonds is 8. The van der Waals surface area contributed by atoms with Crippen LogP contribution in [-0.2, 0) is 27.8 Å². The van der Waals surface area contributed by atoms with Crippen LogP contribution in [0.4, 0.5) is 0 Å². The zero-order chi connectivity index (χ0) is 22.7. The van der Waals surface area contributed by atoms with Gasteiger partial charge in [-0.1, -0.05) is 23.8 Å². The van der Waals surface area contributed by atoms with Crippen LogP contribution in [0.5, 0.6) is 5.75 Å². The molecule has 1 aliphatic rings. The Kier molecular flexibility index (Phi) is 6.48. The molecule has 0 fully saturated rings. The normalized spacial score (nSPS) is 16.0.